The average Bonchev–Trinajstić information content (AvgIpc) is 2.16. The van der Waals surface area contributed by atoms with E-state index in [0.717, 1.165) is 5.56 Å². The quantitative estimate of drug-likeness (QED) is 0.550. The summed E-state index contributed by atoms with van der Waals surface area (Å²) in [5, 5.41) is 0. The highest BCUT2D eigenvalue weighted by atomic mass is 19.1. The number of nitrogens with one attached hydrogen (secondary N) is 1. The van der Waals surface area contributed by atoms with Gasteiger partial charge in [0.1, 0.15) is 0 Å². The number of rotatable bonds is 3. The van der Waals surface area contributed by atoms with Crippen LogP contribution in [0.15, 0.2) is 18.2 Å². The second-order valence-corrected chi connectivity index (χ2v) is 2.78. The molecule has 3 nitrogen and oxygen atoms in total. The number of halogens is 1. The maximum absolute atomic E-state index is 13.2. The molecule has 0 heterocycles. The molecule has 13 heavy (non-hydrogen) atoms. The smallest absolute Gasteiger partial charge is 0.165 e. The molecule has 0 spiro atoms. The lowest BCUT2D eigenvalue weighted by Crippen LogP contribution is -2.25. The number of nitrogens with two attached hydrogens (primary N) is 1. The Kier molecular flexibility index (Phi) is 3.22. The Morgan fingerprint density at radius 1 is 1.54 bits per heavy atom. The zero-order chi connectivity index (χ0) is 9.84. The first-order chi connectivity index (χ1) is 6.19. The molecule has 3 N–H and O–H groups in total. The van der Waals surface area contributed by atoms with Crippen molar-refractivity contribution in [2.24, 2.45) is 5.84 Å². The van der Waals surface area contributed by atoms with Crippen molar-refractivity contribution in [3.8, 4) is 5.75 Å². The van der Waals surface area contributed by atoms with Crippen LogP contribution >= 0.6 is 0 Å². The van der Waals surface area contributed by atoms with Gasteiger partial charge in [-0.25, -0.2) is 4.39 Å². The molecule has 1 aromatic carbocycles. The zero-order valence-electron chi connectivity index (χ0n) is 7.67. The Morgan fingerprint density at radius 3 is 2.69 bits per heavy atom. The summed E-state index contributed by atoms with van der Waals surface area (Å²) < 4.78 is 17.9. The van der Waals surface area contributed by atoms with Crippen LogP contribution < -0.4 is 16.0 Å². The van der Waals surface area contributed by atoms with Crippen molar-refractivity contribution in [2.75, 3.05) is 7.11 Å². The third-order valence-corrected chi connectivity index (χ3v) is 1.93. The summed E-state index contributed by atoms with van der Waals surface area (Å²) in [7, 11) is 1.43. The van der Waals surface area contributed by atoms with Gasteiger partial charge in [-0.2, -0.15) is 0 Å². The monoisotopic (exact) mass is 184 g/mol. The second kappa shape index (κ2) is 4.20. The van der Waals surface area contributed by atoms with Gasteiger partial charge in [-0.1, -0.05) is 6.07 Å². The second-order valence-electron chi connectivity index (χ2n) is 2.78. The van der Waals surface area contributed by atoms with Crippen LogP contribution in [-0.4, -0.2) is 7.11 Å². The summed E-state index contributed by atoms with van der Waals surface area (Å²) in [6, 6.07) is 4.69. The first kappa shape index (κ1) is 9.95. The van der Waals surface area contributed by atoms with E-state index in [4.69, 9.17) is 10.6 Å². The van der Waals surface area contributed by atoms with E-state index in [2.05, 4.69) is 5.43 Å². The van der Waals surface area contributed by atoms with E-state index in [1.54, 1.807) is 12.1 Å². The van der Waals surface area contributed by atoms with Gasteiger partial charge in [0.15, 0.2) is 11.6 Å². The molecule has 0 amide bonds. The SMILES string of the molecule is COc1ccc([C@H](C)NN)cc1F. The Labute approximate surface area is 76.7 Å². The molecule has 0 fully saturated rings. The summed E-state index contributed by atoms with van der Waals surface area (Å²) >= 11 is 0. The number of hydrogen-bond acceptors (Lipinski definition) is 3. The molecule has 0 aromatic heterocycles. The van der Waals surface area contributed by atoms with Crippen molar-refractivity contribution < 1.29 is 9.13 Å². The molecule has 1 aromatic rings. The van der Waals surface area contributed by atoms with Crippen LogP contribution in [0.25, 0.3) is 0 Å². The standard InChI is InChI=1S/C9H13FN2O/c1-6(12-11)7-3-4-9(13-2)8(10)5-7/h3-6,12H,11H2,1-2H3/t6-/m0/s1. The molecule has 1 rings (SSSR count). The molecule has 0 aliphatic heterocycles. The topological polar surface area (TPSA) is 47.3 Å². The lowest BCUT2D eigenvalue weighted by molar-refractivity contribution is 0.385. The van der Waals surface area contributed by atoms with E-state index in [1.165, 1.54) is 13.2 Å². The van der Waals surface area contributed by atoms with Gasteiger partial charge in [0.2, 0.25) is 0 Å². The van der Waals surface area contributed by atoms with Gasteiger partial charge >= 0.3 is 0 Å². The fourth-order valence-electron chi connectivity index (χ4n) is 1.05. The maximum atomic E-state index is 13.2. The third kappa shape index (κ3) is 2.17. The van der Waals surface area contributed by atoms with Crippen molar-refractivity contribution in [3.05, 3.63) is 29.6 Å². The number of methoxy groups -OCH3 is 1. The number of hydrazine groups is 1. The van der Waals surface area contributed by atoms with E-state index in [1.807, 2.05) is 6.92 Å². The van der Waals surface area contributed by atoms with Gasteiger partial charge in [-0.15, -0.1) is 0 Å². The van der Waals surface area contributed by atoms with Crippen molar-refractivity contribution >= 4 is 0 Å². The molecule has 0 aliphatic rings. The van der Waals surface area contributed by atoms with Crippen molar-refractivity contribution in [1.82, 2.24) is 5.43 Å². The van der Waals surface area contributed by atoms with Gasteiger partial charge < -0.3 is 4.74 Å². The molecule has 0 unspecified atom stereocenters. The highest BCUT2D eigenvalue weighted by Crippen LogP contribution is 2.20. The highest BCUT2D eigenvalue weighted by molar-refractivity contribution is 5.30. The van der Waals surface area contributed by atoms with Crippen LogP contribution in [0.1, 0.15) is 18.5 Å². The normalized spacial score (nSPS) is 12.6. The third-order valence-electron chi connectivity index (χ3n) is 1.93. The number of ether oxygens (including phenoxy) is 1. The largest absolute Gasteiger partial charge is 0.494 e. The Balaban J connectivity index is 2.95. The van der Waals surface area contributed by atoms with Crippen LogP contribution in [-0.2, 0) is 0 Å². The van der Waals surface area contributed by atoms with Crippen molar-refractivity contribution in [3.63, 3.8) is 0 Å². The molecule has 0 saturated heterocycles. The molecule has 72 valence electrons. The zero-order valence-corrected chi connectivity index (χ0v) is 7.67. The Morgan fingerprint density at radius 2 is 2.23 bits per heavy atom. The van der Waals surface area contributed by atoms with E-state index < -0.39 is 0 Å². The molecule has 0 aliphatic carbocycles. The molecule has 0 radical (unpaired) electrons. The molecular formula is C9H13FN2O. The highest BCUT2D eigenvalue weighted by Gasteiger charge is 2.07. The number of hydrogen-bond donors (Lipinski definition) is 2. The van der Waals surface area contributed by atoms with Gasteiger partial charge in [-0.3, -0.25) is 11.3 Å². The first-order valence-electron chi connectivity index (χ1n) is 3.98. The molecule has 0 bridgehead atoms. The summed E-state index contributed by atoms with van der Waals surface area (Å²) in [5.41, 5.74) is 3.33. The summed E-state index contributed by atoms with van der Waals surface area (Å²) in [6.45, 7) is 1.85. The predicted molar refractivity (Wildman–Crippen MR) is 48.7 cm³/mol. The maximum Gasteiger partial charge on any atom is 0.165 e. The minimum Gasteiger partial charge on any atom is -0.494 e. The molecule has 0 saturated carbocycles. The lowest BCUT2D eigenvalue weighted by atomic mass is 10.1. The fourth-order valence-corrected chi connectivity index (χ4v) is 1.05. The minimum atomic E-state index is -0.373. The van der Waals surface area contributed by atoms with E-state index in [9.17, 15) is 4.39 Å². The summed E-state index contributed by atoms with van der Waals surface area (Å²) in [6.07, 6.45) is 0. The van der Waals surface area contributed by atoms with Crippen LogP contribution in [0, 0.1) is 5.82 Å². The van der Waals surface area contributed by atoms with Crippen LogP contribution in [0.4, 0.5) is 4.39 Å². The first-order valence-corrected chi connectivity index (χ1v) is 3.98. The van der Waals surface area contributed by atoms with Gasteiger partial charge in [0, 0.05) is 6.04 Å². The molecular weight excluding hydrogens is 171 g/mol. The van der Waals surface area contributed by atoms with Crippen molar-refractivity contribution in [2.45, 2.75) is 13.0 Å². The van der Waals surface area contributed by atoms with Gasteiger partial charge in [-0.05, 0) is 24.6 Å². The van der Waals surface area contributed by atoms with Crippen molar-refractivity contribution in [1.29, 1.82) is 0 Å². The Hall–Kier alpha value is -1.13. The van der Waals surface area contributed by atoms with Crippen LogP contribution in [0.2, 0.25) is 0 Å². The van der Waals surface area contributed by atoms with E-state index in [0.29, 0.717) is 0 Å². The summed E-state index contributed by atoms with van der Waals surface area (Å²) in [4.78, 5) is 0. The predicted octanol–water partition coefficient (Wildman–Crippen LogP) is 1.36. The fraction of sp³-hybridized carbons (Fsp3) is 0.333. The van der Waals surface area contributed by atoms with Crippen LogP contribution in [0.5, 0.6) is 5.75 Å². The Bertz CT molecular complexity index is 291. The van der Waals surface area contributed by atoms with Gasteiger partial charge in [0.05, 0.1) is 7.11 Å². The van der Waals surface area contributed by atoms with E-state index in [-0.39, 0.29) is 17.6 Å². The minimum absolute atomic E-state index is 0.0691. The molecule has 1 atom stereocenters. The van der Waals surface area contributed by atoms with Gasteiger partial charge in [0.25, 0.3) is 0 Å². The van der Waals surface area contributed by atoms with Crippen LogP contribution in [0.3, 0.4) is 0 Å². The van der Waals surface area contributed by atoms with E-state index >= 15 is 0 Å². The summed E-state index contributed by atoms with van der Waals surface area (Å²) in [5.74, 6) is 5.09. The number of benzene rings is 1. The lowest BCUT2D eigenvalue weighted by Gasteiger charge is -2.11. The average molecular weight is 184 g/mol. The molecule has 4 heteroatoms.